The van der Waals surface area contributed by atoms with Crippen molar-refractivity contribution in [2.75, 3.05) is 11.9 Å². The number of ether oxygens (including phenoxy) is 1. The minimum Gasteiger partial charge on any atom is -0.491 e. The Morgan fingerprint density at radius 3 is 2.55 bits per heavy atom. The Morgan fingerprint density at radius 1 is 1.10 bits per heavy atom. The van der Waals surface area contributed by atoms with Gasteiger partial charge in [-0.15, -0.1) is 0 Å². The minimum atomic E-state index is -0.396. The number of hydrogen-bond donors (Lipinski definition) is 1. The number of halogens is 2. The number of rotatable bonds is 5. The van der Waals surface area contributed by atoms with Crippen LogP contribution in [0.2, 0.25) is 0 Å². The van der Waals surface area contributed by atoms with Crippen molar-refractivity contribution in [3.05, 3.63) is 59.2 Å². The first-order chi connectivity index (χ1) is 9.60. The third kappa shape index (κ3) is 3.47. The summed E-state index contributed by atoms with van der Waals surface area (Å²) in [6.45, 7) is 4.60. The minimum absolute atomic E-state index is 0.246. The molecule has 0 bridgehead atoms. The van der Waals surface area contributed by atoms with Gasteiger partial charge in [0, 0.05) is 18.3 Å². The van der Waals surface area contributed by atoms with Crippen LogP contribution in [0.3, 0.4) is 0 Å². The molecule has 0 amide bonds. The van der Waals surface area contributed by atoms with Crippen LogP contribution in [0.25, 0.3) is 0 Å². The highest BCUT2D eigenvalue weighted by Crippen LogP contribution is 2.22. The lowest BCUT2D eigenvalue weighted by molar-refractivity contribution is 0.321. The van der Waals surface area contributed by atoms with Gasteiger partial charge in [0.05, 0.1) is 6.61 Å². The summed E-state index contributed by atoms with van der Waals surface area (Å²) in [5.74, 6) is -0.401. The molecule has 2 nitrogen and oxygen atoms in total. The number of aryl methyl sites for hydroxylation is 1. The average molecular weight is 277 g/mol. The molecule has 4 heteroatoms. The Morgan fingerprint density at radius 2 is 1.90 bits per heavy atom. The van der Waals surface area contributed by atoms with E-state index in [1.54, 1.807) is 18.2 Å². The molecular weight excluding hydrogens is 260 g/mol. The maximum absolute atomic E-state index is 13.7. The fourth-order valence-corrected chi connectivity index (χ4v) is 1.94. The van der Waals surface area contributed by atoms with Gasteiger partial charge in [-0.1, -0.05) is 6.07 Å². The molecule has 0 radical (unpaired) electrons. The fraction of sp³-hybridized carbons (Fsp3) is 0.250. The topological polar surface area (TPSA) is 21.3 Å². The van der Waals surface area contributed by atoms with Crippen LogP contribution in [-0.2, 0) is 6.54 Å². The summed E-state index contributed by atoms with van der Waals surface area (Å²) in [5, 5.41) is 3.11. The highest BCUT2D eigenvalue weighted by atomic mass is 19.1. The van der Waals surface area contributed by atoms with E-state index in [2.05, 4.69) is 5.32 Å². The monoisotopic (exact) mass is 277 g/mol. The molecule has 0 heterocycles. The van der Waals surface area contributed by atoms with Crippen molar-refractivity contribution in [2.24, 2.45) is 0 Å². The first kappa shape index (κ1) is 14.3. The van der Waals surface area contributed by atoms with Crippen LogP contribution in [0.1, 0.15) is 18.1 Å². The molecular formula is C16H17F2NO. The van der Waals surface area contributed by atoms with Gasteiger partial charge in [-0.05, 0) is 49.2 Å². The van der Waals surface area contributed by atoms with Gasteiger partial charge in [-0.25, -0.2) is 8.78 Å². The zero-order valence-corrected chi connectivity index (χ0v) is 11.5. The van der Waals surface area contributed by atoms with Gasteiger partial charge in [-0.3, -0.25) is 0 Å². The first-order valence-electron chi connectivity index (χ1n) is 6.51. The van der Waals surface area contributed by atoms with Gasteiger partial charge in [0.1, 0.15) is 5.82 Å². The van der Waals surface area contributed by atoms with Crippen molar-refractivity contribution < 1.29 is 13.5 Å². The van der Waals surface area contributed by atoms with Crippen LogP contribution < -0.4 is 10.1 Å². The highest BCUT2D eigenvalue weighted by Gasteiger charge is 2.05. The molecule has 0 aliphatic heterocycles. The van der Waals surface area contributed by atoms with E-state index < -0.39 is 5.82 Å². The van der Waals surface area contributed by atoms with E-state index in [-0.39, 0.29) is 11.6 Å². The maximum Gasteiger partial charge on any atom is 0.167 e. The van der Waals surface area contributed by atoms with Gasteiger partial charge < -0.3 is 10.1 Å². The summed E-state index contributed by atoms with van der Waals surface area (Å²) in [6, 6.07) is 9.37. The molecule has 0 aliphatic rings. The van der Waals surface area contributed by atoms with Gasteiger partial charge in [0.25, 0.3) is 0 Å². The standard InChI is InChI=1S/C16H17F2NO/c1-3-20-16-7-6-14(9-15(16)18)19-10-12-4-5-13(17)8-11(12)2/h4-9,19H,3,10H2,1-2H3. The summed E-state index contributed by atoms with van der Waals surface area (Å²) >= 11 is 0. The number of hydrogen-bond acceptors (Lipinski definition) is 2. The molecule has 1 N–H and O–H groups in total. The van der Waals surface area contributed by atoms with E-state index in [1.165, 1.54) is 18.2 Å². The van der Waals surface area contributed by atoms with E-state index in [0.717, 1.165) is 11.1 Å². The Bertz CT molecular complexity index is 599. The molecule has 2 aromatic carbocycles. The van der Waals surface area contributed by atoms with Crippen LogP contribution in [-0.4, -0.2) is 6.61 Å². The quantitative estimate of drug-likeness (QED) is 0.880. The SMILES string of the molecule is CCOc1ccc(NCc2ccc(F)cc2C)cc1F. The zero-order valence-electron chi connectivity index (χ0n) is 11.5. The summed E-state index contributed by atoms with van der Waals surface area (Å²) in [6.07, 6.45) is 0. The predicted molar refractivity (Wildman–Crippen MR) is 76.0 cm³/mol. The normalized spacial score (nSPS) is 10.4. The van der Waals surface area contributed by atoms with Crippen molar-refractivity contribution in [2.45, 2.75) is 20.4 Å². The van der Waals surface area contributed by atoms with Gasteiger partial charge in [0.15, 0.2) is 11.6 Å². The summed E-state index contributed by atoms with van der Waals surface area (Å²) in [4.78, 5) is 0. The van der Waals surface area contributed by atoms with E-state index in [0.29, 0.717) is 18.8 Å². The molecule has 2 rings (SSSR count). The Hall–Kier alpha value is -2.10. The molecule has 0 saturated heterocycles. The molecule has 0 spiro atoms. The molecule has 2 aromatic rings. The lowest BCUT2D eigenvalue weighted by Crippen LogP contribution is -2.02. The van der Waals surface area contributed by atoms with Crippen molar-refractivity contribution in [1.82, 2.24) is 0 Å². The summed E-state index contributed by atoms with van der Waals surface area (Å²) in [5.41, 5.74) is 2.50. The molecule has 106 valence electrons. The molecule has 20 heavy (non-hydrogen) atoms. The molecule has 0 fully saturated rings. The predicted octanol–water partition coefficient (Wildman–Crippen LogP) is 4.28. The zero-order chi connectivity index (χ0) is 14.5. The van der Waals surface area contributed by atoms with E-state index in [4.69, 9.17) is 4.74 Å². The molecule has 0 atom stereocenters. The third-order valence-corrected chi connectivity index (χ3v) is 3.02. The Labute approximate surface area is 117 Å². The molecule has 0 unspecified atom stereocenters. The first-order valence-corrected chi connectivity index (χ1v) is 6.51. The smallest absolute Gasteiger partial charge is 0.167 e. The second kappa shape index (κ2) is 6.37. The lowest BCUT2D eigenvalue weighted by atomic mass is 10.1. The molecule has 0 aliphatic carbocycles. The summed E-state index contributed by atoms with van der Waals surface area (Å²) < 4.78 is 31.8. The van der Waals surface area contributed by atoms with Gasteiger partial charge in [-0.2, -0.15) is 0 Å². The van der Waals surface area contributed by atoms with Crippen molar-refractivity contribution in [3.8, 4) is 5.75 Å². The molecule has 0 aromatic heterocycles. The average Bonchev–Trinajstić information content (AvgIpc) is 2.41. The number of anilines is 1. The van der Waals surface area contributed by atoms with E-state index in [9.17, 15) is 8.78 Å². The number of benzene rings is 2. The largest absolute Gasteiger partial charge is 0.491 e. The third-order valence-electron chi connectivity index (χ3n) is 3.02. The van der Waals surface area contributed by atoms with Crippen LogP contribution in [0, 0.1) is 18.6 Å². The second-order valence-corrected chi connectivity index (χ2v) is 4.50. The van der Waals surface area contributed by atoms with Crippen LogP contribution in [0.4, 0.5) is 14.5 Å². The Kier molecular flexibility index (Phi) is 4.56. The lowest BCUT2D eigenvalue weighted by Gasteiger charge is -2.11. The second-order valence-electron chi connectivity index (χ2n) is 4.50. The van der Waals surface area contributed by atoms with Gasteiger partial charge >= 0.3 is 0 Å². The Balaban J connectivity index is 2.05. The highest BCUT2D eigenvalue weighted by molar-refractivity contribution is 5.48. The van der Waals surface area contributed by atoms with Crippen molar-refractivity contribution in [1.29, 1.82) is 0 Å². The fourth-order valence-electron chi connectivity index (χ4n) is 1.94. The maximum atomic E-state index is 13.7. The van der Waals surface area contributed by atoms with Crippen LogP contribution in [0.15, 0.2) is 36.4 Å². The van der Waals surface area contributed by atoms with E-state index in [1.807, 2.05) is 13.8 Å². The number of nitrogens with one attached hydrogen (secondary N) is 1. The summed E-state index contributed by atoms with van der Waals surface area (Å²) in [7, 11) is 0. The van der Waals surface area contributed by atoms with Crippen molar-refractivity contribution in [3.63, 3.8) is 0 Å². The van der Waals surface area contributed by atoms with Crippen molar-refractivity contribution >= 4 is 5.69 Å². The van der Waals surface area contributed by atoms with Crippen LogP contribution in [0.5, 0.6) is 5.75 Å². The molecule has 0 saturated carbocycles. The van der Waals surface area contributed by atoms with Gasteiger partial charge in [0.2, 0.25) is 0 Å². The van der Waals surface area contributed by atoms with Crippen LogP contribution >= 0.6 is 0 Å². The van der Waals surface area contributed by atoms with E-state index >= 15 is 0 Å².